The van der Waals surface area contributed by atoms with E-state index in [1.807, 2.05) is 18.7 Å². The molecular weight excluding hydrogens is 579 g/mol. The first-order valence-corrected chi connectivity index (χ1v) is 15.0. The van der Waals surface area contributed by atoms with Gasteiger partial charge in [-0.1, -0.05) is 0 Å². The van der Waals surface area contributed by atoms with Crippen LogP contribution in [0.25, 0.3) is 5.82 Å². The number of fused-ring (bicyclic) bond motifs is 5. The van der Waals surface area contributed by atoms with E-state index in [4.69, 9.17) is 14.5 Å². The molecule has 0 aromatic carbocycles. The first-order valence-electron chi connectivity index (χ1n) is 13.5. The molecule has 1 saturated carbocycles. The Morgan fingerprint density at radius 1 is 1.19 bits per heavy atom. The number of ether oxygens (including phenoxy) is 2. The zero-order chi connectivity index (χ0) is 29.9. The Bertz CT molecular complexity index is 1610. The monoisotopic (exact) mass is 609 g/mol. The number of halogens is 3. The lowest BCUT2D eigenvalue weighted by Crippen LogP contribution is -2.41. The summed E-state index contributed by atoms with van der Waals surface area (Å²) in [6.07, 6.45) is -0.891. The summed E-state index contributed by atoms with van der Waals surface area (Å²) in [7, 11) is -4.26. The number of nitrogens with one attached hydrogen (secondary N) is 1. The van der Waals surface area contributed by atoms with Crippen LogP contribution < -0.4 is 14.4 Å². The van der Waals surface area contributed by atoms with E-state index in [2.05, 4.69) is 14.9 Å². The molecule has 0 spiro atoms. The molecular formula is C26H30F3N7O5S. The summed E-state index contributed by atoms with van der Waals surface area (Å²) >= 11 is 0. The summed E-state index contributed by atoms with van der Waals surface area (Å²) in [6, 6.07) is 5.79. The SMILES string of the molecule is CC1(C)CC2CN1c1nc(-n3ccc(OCCC4(C(F)(F)F)CC4)n3)ccc1C(=O)NS(=O)(=O)c1ccnn1CCO2. The Hall–Kier alpha value is -3.66. The molecule has 3 aromatic heterocycles. The van der Waals surface area contributed by atoms with Gasteiger partial charge in [0.15, 0.2) is 10.8 Å². The summed E-state index contributed by atoms with van der Waals surface area (Å²) in [5.41, 5.74) is -2.13. The van der Waals surface area contributed by atoms with Crippen molar-refractivity contribution in [3.63, 3.8) is 0 Å². The molecule has 12 nitrogen and oxygen atoms in total. The molecule has 3 aliphatic rings. The van der Waals surface area contributed by atoms with Gasteiger partial charge in [-0.05, 0) is 57.7 Å². The fourth-order valence-corrected chi connectivity index (χ4v) is 6.67. The van der Waals surface area contributed by atoms with Gasteiger partial charge in [-0.2, -0.15) is 26.7 Å². The highest BCUT2D eigenvalue weighted by molar-refractivity contribution is 7.90. The molecule has 16 heteroatoms. The average molecular weight is 610 g/mol. The number of rotatable bonds is 5. The predicted octanol–water partition coefficient (Wildman–Crippen LogP) is 3.08. The fraction of sp³-hybridized carbons (Fsp3) is 0.538. The molecule has 42 heavy (non-hydrogen) atoms. The molecule has 6 rings (SSSR count). The van der Waals surface area contributed by atoms with Crippen LogP contribution in [0.1, 0.15) is 49.9 Å². The average Bonchev–Trinajstić information content (AvgIpc) is 3.21. The van der Waals surface area contributed by atoms with Gasteiger partial charge in [0.1, 0.15) is 5.82 Å². The van der Waals surface area contributed by atoms with E-state index in [9.17, 15) is 26.4 Å². The molecule has 2 bridgehead atoms. The summed E-state index contributed by atoms with van der Waals surface area (Å²) < 4.78 is 82.3. The number of alkyl halides is 3. The number of sulfonamides is 1. The van der Waals surface area contributed by atoms with E-state index in [0.29, 0.717) is 18.8 Å². The second-order valence-electron chi connectivity index (χ2n) is 11.5. The Kier molecular flexibility index (Phi) is 6.75. The van der Waals surface area contributed by atoms with Crippen LogP contribution in [0, 0.1) is 5.41 Å². The lowest BCUT2D eigenvalue weighted by Gasteiger charge is -2.33. The quantitative estimate of drug-likeness (QED) is 0.463. The molecule has 1 N–H and O–H groups in total. The third-order valence-corrected chi connectivity index (χ3v) is 9.48. The van der Waals surface area contributed by atoms with E-state index in [1.54, 1.807) is 6.20 Å². The lowest BCUT2D eigenvalue weighted by atomic mass is 10.0. The number of carbonyl (C=O) groups excluding carboxylic acids is 1. The number of pyridine rings is 1. The normalized spacial score (nSPS) is 22.6. The van der Waals surface area contributed by atoms with Crippen LogP contribution in [-0.2, 0) is 21.3 Å². The topological polar surface area (TPSA) is 133 Å². The van der Waals surface area contributed by atoms with E-state index >= 15 is 0 Å². The molecule has 1 atom stereocenters. The van der Waals surface area contributed by atoms with Crippen molar-refractivity contribution in [2.45, 2.75) is 68.9 Å². The highest BCUT2D eigenvalue weighted by Crippen LogP contribution is 2.59. The number of aromatic nitrogens is 5. The van der Waals surface area contributed by atoms with Crippen LogP contribution in [0.3, 0.4) is 0 Å². The Balaban J connectivity index is 1.30. The minimum atomic E-state index is -4.26. The first-order chi connectivity index (χ1) is 19.8. The van der Waals surface area contributed by atoms with Crippen molar-refractivity contribution >= 4 is 21.7 Å². The van der Waals surface area contributed by atoms with Gasteiger partial charge in [0, 0.05) is 24.3 Å². The molecule has 2 fully saturated rings. The van der Waals surface area contributed by atoms with Gasteiger partial charge in [0.2, 0.25) is 5.88 Å². The molecule has 1 saturated heterocycles. The summed E-state index contributed by atoms with van der Waals surface area (Å²) in [5.74, 6) is -0.188. The molecule has 226 valence electrons. The van der Waals surface area contributed by atoms with Crippen molar-refractivity contribution in [3.05, 3.63) is 42.2 Å². The van der Waals surface area contributed by atoms with Gasteiger partial charge in [0.05, 0.1) is 43.0 Å². The number of hydrogen-bond acceptors (Lipinski definition) is 9. The maximum Gasteiger partial charge on any atom is 0.394 e. The fourth-order valence-electron chi connectivity index (χ4n) is 5.56. The standard InChI is InChI=1S/C26H30F3N7O5S/c1-24(2)15-17-16-34(24)22-18(23(37)33-42(38,39)21-5-10-30-36(21)12-14-40-17)3-4-19(31-22)35-11-6-20(32-35)41-13-9-25(7-8-25)26(27,28)29/h3-6,10-11,17H,7-9,12-16H2,1-2H3,(H,33,37). The number of hydrogen-bond donors (Lipinski definition) is 1. The van der Waals surface area contributed by atoms with Gasteiger partial charge >= 0.3 is 6.18 Å². The molecule has 1 unspecified atom stereocenters. The van der Waals surface area contributed by atoms with Gasteiger partial charge < -0.3 is 14.4 Å². The number of anilines is 1. The van der Waals surface area contributed by atoms with Crippen molar-refractivity contribution in [2.75, 3.05) is 24.7 Å². The van der Waals surface area contributed by atoms with Gasteiger partial charge in [0.25, 0.3) is 15.9 Å². The third-order valence-electron chi connectivity index (χ3n) is 8.13. The van der Waals surface area contributed by atoms with Crippen LogP contribution >= 0.6 is 0 Å². The minimum absolute atomic E-state index is 0.0341. The van der Waals surface area contributed by atoms with Crippen LogP contribution in [0.15, 0.2) is 41.7 Å². The molecule has 1 amide bonds. The Morgan fingerprint density at radius 3 is 2.71 bits per heavy atom. The maximum atomic E-state index is 13.4. The van der Waals surface area contributed by atoms with Gasteiger partial charge in [-0.15, -0.1) is 5.10 Å². The molecule has 5 heterocycles. The second kappa shape index (κ2) is 9.97. The first kappa shape index (κ1) is 28.5. The number of amides is 1. The minimum Gasteiger partial charge on any atom is -0.477 e. The van der Waals surface area contributed by atoms with E-state index in [-0.39, 0.29) is 67.4 Å². The van der Waals surface area contributed by atoms with Crippen LogP contribution in [0.2, 0.25) is 0 Å². The largest absolute Gasteiger partial charge is 0.477 e. The summed E-state index contributed by atoms with van der Waals surface area (Å²) in [4.78, 5) is 20.0. The van der Waals surface area contributed by atoms with Crippen LogP contribution in [0.4, 0.5) is 19.0 Å². The Morgan fingerprint density at radius 2 is 1.98 bits per heavy atom. The summed E-state index contributed by atoms with van der Waals surface area (Å²) in [5, 5.41) is 8.21. The van der Waals surface area contributed by atoms with Crippen molar-refractivity contribution in [1.82, 2.24) is 29.3 Å². The summed E-state index contributed by atoms with van der Waals surface area (Å²) in [6.45, 7) is 4.63. The molecule has 3 aromatic rings. The second-order valence-corrected chi connectivity index (χ2v) is 13.1. The predicted molar refractivity (Wildman–Crippen MR) is 142 cm³/mol. The van der Waals surface area contributed by atoms with Gasteiger partial charge in [-0.3, -0.25) is 9.48 Å². The highest BCUT2D eigenvalue weighted by Gasteiger charge is 2.62. The van der Waals surface area contributed by atoms with Crippen molar-refractivity contribution in [1.29, 1.82) is 0 Å². The maximum absolute atomic E-state index is 13.4. The Labute approximate surface area is 239 Å². The number of carbonyl (C=O) groups is 1. The molecule has 0 radical (unpaired) electrons. The van der Waals surface area contributed by atoms with E-state index in [1.165, 1.54) is 39.8 Å². The van der Waals surface area contributed by atoms with Crippen molar-refractivity contribution in [2.24, 2.45) is 5.41 Å². The van der Waals surface area contributed by atoms with Crippen LogP contribution in [-0.4, -0.2) is 76.4 Å². The third kappa shape index (κ3) is 5.21. The van der Waals surface area contributed by atoms with Crippen molar-refractivity contribution < 1.29 is 35.9 Å². The van der Waals surface area contributed by atoms with Gasteiger partial charge in [-0.25, -0.2) is 14.4 Å². The number of nitrogens with zero attached hydrogens (tertiary/aromatic N) is 6. The van der Waals surface area contributed by atoms with Crippen molar-refractivity contribution in [3.8, 4) is 11.7 Å². The van der Waals surface area contributed by atoms with Crippen LogP contribution in [0.5, 0.6) is 5.88 Å². The highest BCUT2D eigenvalue weighted by atomic mass is 32.2. The lowest BCUT2D eigenvalue weighted by molar-refractivity contribution is -0.190. The van der Waals surface area contributed by atoms with E-state index < -0.39 is 33.1 Å². The molecule has 1 aliphatic carbocycles. The smallest absolute Gasteiger partial charge is 0.394 e. The van der Waals surface area contributed by atoms with E-state index in [0.717, 1.165) is 0 Å². The molecule has 2 aliphatic heterocycles. The zero-order valence-electron chi connectivity index (χ0n) is 23.0. The zero-order valence-corrected chi connectivity index (χ0v) is 23.8.